The van der Waals surface area contributed by atoms with Crippen LogP contribution in [0.5, 0.6) is 0 Å². The van der Waals surface area contributed by atoms with E-state index >= 15 is 0 Å². The molecule has 1 aliphatic rings. The molecular formula is C22H24N8. The number of nitrogens with zero attached hydrogens (tertiary/aromatic N) is 7. The minimum Gasteiger partial charge on any atom is -0.368 e. The van der Waals surface area contributed by atoms with Crippen molar-refractivity contribution >= 4 is 23.1 Å². The van der Waals surface area contributed by atoms with E-state index in [0.717, 1.165) is 61.3 Å². The van der Waals surface area contributed by atoms with Crippen LogP contribution in [0.4, 0.5) is 17.5 Å². The Morgan fingerprint density at radius 3 is 2.63 bits per heavy atom. The average Bonchev–Trinajstić information content (AvgIpc) is 3.24. The third-order valence-corrected chi connectivity index (χ3v) is 5.51. The minimum atomic E-state index is 0.509. The molecule has 1 N–H and O–H groups in total. The lowest BCUT2D eigenvalue weighted by Crippen LogP contribution is -2.46. The Bertz CT molecular complexity index is 1130. The van der Waals surface area contributed by atoms with Gasteiger partial charge in [-0.2, -0.15) is 0 Å². The maximum absolute atomic E-state index is 4.65. The first-order valence-electron chi connectivity index (χ1n) is 10.3. The van der Waals surface area contributed by atoms with Gasteiger partial charge in [-0.1, -0.05) is 13.0 Å². The van der Waals surface area contributed by atoms with Gasteiger partial charge in [-0.3, -0.25) is 4.40 Å². The fraction of sp³-hybridized carbons (Fsp3) is 0.273. The highest BCUT2D eigenvalue weighted by molar-refractivity contribution is 5.62. The number of fused-ring (bicyclic) bond motifs is 1. The van der Waals surface area contributed by atoms with Crippen LogP contribution < -0.4 is 10.2 Å². The molecule has 152 valence electrons. The van der Waals surface area contributed by atoms with Gasteiger partial charge in [0, 0.05) is 38.6 Å². The normalized spacial score (nSPS) is 14.9. The molecule has 8 nitrogen and oxygen atoms in total. The lowest BCUT2D eigenvalue weighted by Gasteiger charge is -2.35. The largest absolute Gasteiger partial charge is 0.368 e. The smallest absolute Gasteiger partial charge is 0.228 e. The molecule has 4 aromatic heterocycles. The Morgan fingerprint density at radius 2 is 1.83 bits per heavy atom. The molecule has 0 aromatic carbocycles. The Kier molecular flexibility index (Phi) is 4.98. The van der Waals surface area contributed by atoms with Crippen molar-refractivity contribution in [1.82, 2.24) is 29.2 Å². The van der Waals surface area contributed by atoms with Gasteiger partial charge in [0.15, 0.2) is 0 Å². The SMILES string of the molecule is CCN1CCN(c2ccc(Nc3nccc(-c4cnc5ccccn45)n3)nc2)CC1. The predicted molar refractivity (Wildman–Crippen MR) is 118 cm³/mol. The molecule has 5 heterocycles. The second kappa shape index (κ2) is 8.08. The first-order valence-corrected chi connectivity index (χ1v) is 10.3. The molecule has 5 rings (SSSR count). The standard InChI is InChI=1S/C22H24N8/c1-2-28-11-13-29(14-12-28)17-6-7-20(24-15-17)27-22-23-9-8-18(26-22)19-16-25-21-5-3-4-10-30(19)21/h3-10,15-16H,2,11-14H2,1H3,(H,23,24,26,27). The van der Waals surface area contributed by atoms with Crippen LogP contribution in [-0.2, 0) is 0 Å². The third-order valence-electron chi connectivity index (χ3n) is 5.51. The fourth-order valence-corrected chi connectivity index (χ4v) is 3.77. The van der Waals surface area contributed by atoms with Gasteiger partial charge in [-0.25, -0.2) is 19.9 Å². The van der Waals surface area contributed by atoms with Crippen molar-refractivity contribution in [3.63, 3.8) is 0 Å². The van der Waals surface area contributed by atoms with E-state index in [1.54, 1.807) is 6.20 Å². The number of anilines is 3. The number of imidazole rings is 1. The van der Waals surface area contributed by atoms with Crippen molar-refractivity contribution in [3.8, 4) is 11.4 Å². The van der Waals surface area contributed by atoms with E-state index in [0.29, 0.717) is 5.95 Å². The van der Waals surface area contributed by atoms with Crippen LogP contribution in [0.3, 0.4) is 0 Å². The van der Waals surface area contributed by atoms with E-state index < -0.39 is 0 Å². The molecule has 0 saturated carbocycles. The van der Waals surface area contributed by atoms with Crippen molar-refractivity contribution < 1.29 is 0 Å². The zero-order valence-electron chi connectivity index (χ0n) is 16.9. The highest BCUT2D eigenvalue weighted by Crippen LogP contribution is 2.21. The number of nitrogens with one attached hydrogen (secondary N) is 1. The summed E-state index contributed by atoms with van der Waals surface area (Å²) in [5.41, 5.74) is 3.76. The number of hydrogen-bond donors (Lipinski definition) is 1. The van der Waals surface area contributed by atoms with E-state index in [4.69, 9.17) is 0 Å². The van der Waals surface area contributed by atoms with Crippen LogP contribution in [0, 0.1) is 0 Å². The Hall–Kier alpha value is -3.52. The van der Waals surface area contributed by atoms with Crippen LogP contribution in [0.2, 0.25) is 0 Å². The van der Waals surface area contributed by atoms with Gasteiger partial charge in [-0.15, -0.1) is 0 Å². The average molecular weight is 400 g/mol. The molecule has 1 aliphatic heterocycles. The molecule has 0 atom stereocenters. The molecule has 0 radical (unpaired) electrons. The van der Waals surface area contributed by atoms with Crippen molar-refractivity contribution in [1.29, 1.82) is 0 Å². The van der Waals surface area contributed by atoms with Gasteiger partial charge < -0.3 is 15.1 Å². The summed E-state index contributed by atoms with van der Waals surface area (Å²) in [6.45, 7) is 7.59. The lowest BCUT2D eigenvalue weighted by atomic mass is 10.2. The van der Waals surface area contributed by atoms with Crippen LogP contribution in [0.1, 0.15) is 6.92 Å². The quantitative estimate of drug-likeness (QED) is 0.552. The van der Waals surface area contributed by atoms with Crippen LogP contribution in [0.15, 0.2) is 61.2 Å². The molecule has 0 amide bonds. The number of pyridine rings is 2. The summed E-state index contributed by atoms with van der Waals surface area (Å²) in [4.78, 5) is 22.8. The Labute approximate surface area is 175 Å². The Morgan fingerprint density at radius 1 is 0.933 bits per heavy atom. The van der Waals surface area contributed by atoms with Gasteiger partial charge >= 0.3 is 0 Å². The van der Waals surface area contributed by atoms with Crippen molar-refractivity contribution in [2.45, 2.75) is 6.92 Å². The number of likely N-dealkylation sites (N-methyl/N-ethyl adjacent to an activating group) is 1. The summed E-state index contributed by atoms with van der Waals surface area (Å²) < 4.78 is 2.01. The van der Waals surface area contributed by atoms with E-state index in [1.807, 2.05) is 53.3 Å². The van der Waals surface area contributed by atoms with Gasteiger partial charge in [0.25, 0.3) is 0 Å². The predicted octanol–water partition coefficient (Wildman–Crippen LogP) is 3.07. The summed E-state index contributed by atoms with van der Waals surface area (Å²) in [6.07, 6.45) is 7.47. The van der Waals surface area contributed by atoms with Crippen molar-refractivity contribution in [2.75, 3.05) is 42.9 Å². The summed E-state index contributed by atoms with van der Waals surface area (Å²) in [5.74, 6) is 1.23. The van der Waals surface area contributed by atoms with Gasteiger partial charge in [0.2, 0.25) is 5.95 Å². The summed E-state index contributed by atoms with van der Waals surface area (Å²) in [7, 11) is 0. The van der Waals surface area contributed by atoms with E-state index in [2.05, 4.69) is 48.0 Å². The van der Waals surface area contributed by atoms with Gasteiger partial charge in [0.1, 0.15) is 11.5 Å². The second-order valence-corrected chi connectivity index (χ2v) is 7.29. The van der Waals surface area contributed by atoms with Crippen molar-refractivity contribution in [2.24, 2.45) is 0 Å². The molecule has 4 aromatic rings. The maximum atomic E-state index is 4.65. The second-order valence-electron chi connectivity index (χ2n) is 7.29. The summed E-state index contributed by atoms with van der Waals surface area (Å²) in [6, 6.07) is 11.9. The van der Waals surface area contributed by atoms with Crippen LogP contribution in [-0.4, -0.2) is 62.0 Å². The highest BCUT2D eigenvalue weighted by atomic mass is 15.3. The molecule has 0 bridgehead atoms. The molecule has 1 saturated heterocycles. The number of aromatic nitrogens is 5. The monoisotopic (exact) mass is 400 g/mol. The fourth-order valence-electron chi connectivity index (χ4n) is 3.77. The third kappa shape index (κ3) is 3.69. The summed E-state index contributed by atoms with van der Waals surface area (Å²) >= 11 is 0. The number of hydrogen-bond acceptors (Lipinski definition) is 7. The van der Waals surface area contributed by atoms with Crippen LogP contribution in [0.25, 0.3) is 17.0 Å². The highest BCUT2D eigenvalue weighted by Gasteiger charge is 2.16. The first kappa shape index (κ1) is 18.5. The number of piperazine rings is 1. The molecule has 1 fully saturated rings. The Balaban J connectivity index is 1.31. The van der Waals surface area contributed by atoms with Gasteiger partial charge in [-0.05, 0) is 36.9 Å². The van der Waals surface area contributed by atoms with Crippen molar-refractivity contribution in [3.05, 3.63) is 61.2 Å². The summed E-state index contributed by atoms with van der Waals surface area (Å²) in [5, 5.41) is 3.21. The van der Waals surface area contributed by atoms with Crippen LogP contribution >= 0.6 is 0 Å². The number of rotatable bonds is 5. The van der Waals surface area contributed by atoms with E-state index in [1.165, 1.54) is 0 Å². The van der Waals surface area contributed by atoms with E-state index in [9.17, 15) is 0 Å². The molecule has 30 heavy (non-hydrogen) atoms. The zero-order valence-corrected chi connectivity index (χ0v) is 16.9. The zero-order chi connectivity index (χ0) is 20.3. The van der Waals surface area contributed by atoms with Gasteiger partial charge in [0.05, 0.1) is 29.5 Å². The molecule has 0 aliphatic carbocycles. The first-order chi connectivity index (χ1) is 14.8. The van der Waals surface area contributed by atoms with E-state index in [-0.39, 0.29) is 0 Å². The topological polar surface area (TPSA) is 74.5 Å². The molecule has 0 spiro atoms. The molecule has 8 heteroatoms. The maximum Gasteiger partial charge on any atom is 0.228 e. The molecule has 0 unspecified atom stereocenters. The lowest BCUT2D eigenvalue weighted by molar-refractivity contribution is 0.271. The molecular weight excluding hydrogens is 376 g/mol. The minimum absolute atomic E-state index is 0.509.